The molecule has 4 N–H and O–H groups in total. The molecule has 1 fully saturated rings. The van der Waals surface area contributed by atoms with Crippen molar-refractivity contribution in [2.45, 2.75) is 82.6 Å². The van der Waals surface area contributed by atoms with E-state index >= 15 is 4.39 Å². The molecule has 0 saturated heterocycles. The smallest absolute Gasteiger partial charge is 0.253 e. The minimum atomic E-state index is -3.57. The van der Waals surface area contributed by atoms with Crippen molar-refractivity contribution in [3.05, 3.63) is 40.5 Å². The fourth-order valence-corrected chi connectivity index (χ4v) is 8.85. The largest absolute Gasteiger partial charge is 0.382 e. The first kappa shape index (κ1) is 29.5. The van der Waals surface area contributed by atoms with Gasteiger partial charge in [0.05, 0.1) is 46.5 Å². The Kier molecular flexibility index (Phi) is 7.95. The molecule has 0 radical (unpaired) electrons. The number of rotatable bonds is 8. The number of fused-ring (bicyclic) bond motifs is 3. The molecule has 5 rings (SSSR count). The summed E-state index contributed by atoms with van der Waals surface area (Å²) in [6.45, 7) is 4.91. The van der Waals surface area contributed by atoms with Gasteiger partial charge in [0.1, 0.15) is 5.82 Å². The van der Waals surface area contributed by atoms with Crippen molar-refractivity contribution >= 4 is 27.3 Å². The van der Waals surface area contributed by atoms with E-state index in [0.29, 0.717) is 46.9 Å². The third-order valence-corrected chi connectivity index (χ3v) is 10.5. The van der Waals surface area contributed by atoms with E-state index in [9.17, 15) is 18.0 Å². The van der Waals surface area contributed by atoms with Gasteiger partial charge in [-0.25, -0.2) is 12.8 Å². The molecule has 1 saturated carbocycles. The van der Waals surface area contributed by atoms with Gasteiger partial charge in [-0.2, -0.15) is 0 Å². The van der Waals surface area contributed by atoms with Gasteiger partial charge in [-0.1, -0.05) is 13.8 Å². The molecule has 41 heavy (non-hydrogen) atoms. The Balaban J connectivity index is 1.43. The zero-order chi connectivity index (χ0) is 29.7. The van der Waals surface area contributed by atoms with E-state index in [-0.39, 0.29) is 48.2 Å². The van der Waals surface area contributed by atoms with Gasteiger partial charge >= 0.3 is 0 Å². The normalized spacial score (nSPS) is 22.7. The lowest BCUT2D eigenvalue weighted by Gasteiger charge is -2.32. The van der Waals surface area contributed by atoms with Gasteiger partial charge in [-0.3, -0.25) is 9.59 Å². The maximum absolute atomic E-state index is 15.6. The highest BCUT2D eigenvalue weighted by Crippen LogP contribution is 2.44. The summed E-state index contributed by atoms with van der Waals surface area (Å²) < 4.78 is 49.7. The maximum Gasteiger partial charge on any atom is 0.253 e. The fourth-order valence-electron chi connectivity index (χ4n) is 6.50. The van der Waals surface area contributed by atoms with Crippen LogP contribution in [-0.4, -0.2) is 68.2 Å². The number of primary amides is 1. The van der Waals surface area contributed by atoms with E-state index < -0.39 is 27.0 Å². The van der Waals surface area contributed by atoms with Crippen LogP contribution in [0, 0.1) is 11.2 Å². The second-order valence-electron chi connectivity index (χ2n) is 12.7. The summed E-state index contributed by atoms with van der Waals surface area (Å²) in [5.74, 6) is -1.60. The van der Waals surface area contributed by atoms with Crippen LogP contribution in [0.25, 0.3) is 5.69 Å². The Morgan fingerprint density at radius 1 is 1.12 bits per heavy atom. The van der Waals surface area contributed by atoms with Crippen LogP contribution in [0.15, 0.2) is 17.0 Å². The summed E-state index contributed by atoms with van der Waals surface area (Å²) in [7, 11) is 0.290. The van der Waals surface area contributed by atoms with E-state index in [1.807, 2.05) is 32.8 Å². The molecule has 1 aromatic carbocycles. The number of carbonyl (C=O) groups excluding carboxylic acids is 2. The first-order valence-corrected chi connectivity index (χ1v) is 15.8. The lowest BCUT2D eigenvalue weighted by molar-refractivity contribution is -0.122. The number of ether oxygens (including phenoxy) is 1. The summed E-state index contributed by atoms with van der Waals surface area (Å²) in [5.41, 5.74) is 7.54. The SMILES string of the molecule is CN(C)CCC(=O)NC1CCC(Nc2cc(-n3c4c(c5c3CC(C)(C)CS5(=O)=O)COC4)cc(F)c2C(N)=O)CC1. The van der Waals surface area contributed by atoms with Crippen LogP contribution >= 0.6 is 0 Å². The van der Waals surface area contributed by atoms with E-state index in [4.69, 9.17) is 10.5 Å². The molecular formula is C29H40FN5O5S. The van der Waals surface area contributed by atoms with Crippen LogP contribution < -0.4 is 16.4 Å². The molecule has 12 heteroatoms. The van der Waals surface area contributed by atoms with Gasteiger partial charge in [0.15, 0.2) is 9.84 Å². The number of amides is 2. The fraction of sp³-hybridized carbons (Fsp3) is 0.586. The zero-order valence-electron chi connectivity index (χ0n) is 24.2. The van der Waals surface area contributed by atoms with Crippen molar-refractivity contribution in [3.8, 4) is 5.69 Å². The number of halogens is 1. The van der Waals surface area contributed by atoms with Gasteiger partial charge < -0.3 is 30.6 Å². The van der Waals surface area contributed by atoms with Crippen LogP contribution in [0.2, 0.25) is 0 Å². The van der Waals surface area contributed by atoms with Crippen molar-refractivity contribution in [3.63, 3.8) is 0 Å². The molecule has 1 aliphatic carbocycles. The van der Waals surface area contributed by atoms with Crippen molar-refractivity contribution in [2.24, 2.45) is 11.1 Å². The Labute approximate surface area is 240 Å². The molecule has 2 amide bonds. The standard InChI is InChI=1S/C29H40FN5O5S/c1-29(2)13-23-27(41(38,39)16-29)20-14-40-15-24(20)35(23)19-11-21(30)26(28(31)37)22(12-19)32-17-5-7-18(8-6-17)33-25(36)9-10-34(3)4/h11-12,17-18,32H,5-10,13-16H2,1-4H3,(H2,31,37)(H,33,36). The van der Waals surface area contributed by atoms with Crippen molar-refractivity contribution < 1.29 is 27.1 Å². The summed E-state index contributed by atoms with van der Waals surface area (Å²) in [5, 5.41) is 6.44. The zero-order valence-corrected chi connectivity index (χ0v) is 25.0. The van der Waals surface area contributed by atoms with E-state index in [0.717, 1.165) is 25.7 Å². The van der Waals surface area contributed by atoms with E-state index in [2.05, 4.69) is 10.6 Å². The second kappa shape index (κ2) is 11.0. The van der Waals surface area contributed by atoms with E-state index in [1.165, 1.54) is 6.07 Å². The molecule has 10 nitrogen and oxygen atoms in total. The summed E-state index contributed by atoms with van der Waals surface area (Å²) in [6, 6.07) is 2.95. The first-order chi connectivity index (χ1) is 19.3. The van der Waals surface area contributed by atoms with Crippen molar-refractivity contribution in [1.29, 1.82) is 0 Å². The quantitative estimate of drug-likeness (QED) is 0.431. The monoisotopic (exact) mass is 589 g/mol. The van der Waals surface area contributed by atoms with Gasteiger partial charge in [0.25, 0.3) is 5.91 Å². The lowest BCUT2D eigenvalue weighted by atomic mass is 9.89. The van der Waals surface area contributed by atoms with Crippen LogP contribution in [-0.2, 0) is 39.0 Å². The Morgan fingerprint density at radius 3 is 2.46 bits per heavy atom. The third kappa shape index (κ3) is 6.00. The van der Waals surface area contributed by atoms with Crippen molar-refractivity contribution in [1.82, 2.24) is 14.8 Å². The summed E-state index contributed by atoms with van der Waals surface area (Å²) in [6.07, 6.45) is 3.88. The highest BCUT2D eigenvalue weighted by Gasteiger charge is 2.43. The summed E-state index contributed by atoms with van der Waals surface area (Å²) >= 11 is 0. The molecule has 0 atom stereocenters. The molecule has 3 aliphatic rings. The van der Waals surface area contributed by atoms with Crippen LogP contribution in [0.4, 0.5) is 10.1 Å². The van der Waals surface area contributed by atoms with Crippen LogP contribution in [0.5, 0.6) is 0 Å². The number of nitrogens with one attached hydrogen (secondary N) is 2. The molecule has 0 unspecified atom stereocenters. The topological polar surface area (TPSA) is 136 Å². The van der Waals surface area contributed by atoms with Crippen molar-refractivity contribution in [2.75, 3.05) is 31.7 Å². The third-order valence-electron chi connectivity index (χ3n) is 8.26. The Bertz CT molecular complexity index is 1470. The molecular weight excluding hydrogens is 549 g/mol. The molecule has 2 aromatic rings. The molecule has 1 aromatic heterocycles. The molecule has 2 aliphatic heterocycles. The maximum atomic E-state index is 15.6. The number of nitrogens with zero attached hydrogens (tertiary/aromatic N) is 2. The lowest BCUT2D eigenvalue weighted by Crippen LogP contribution is -2.41. The minimum absolute atomic E-state index is 0.0256. The summed E-state index contributed by atoms with van der Waals surface area (Å²) in [4.78, 5) is 26.9. The number of benzene rings is 1. The van der Waals surface area contributed by atoms with Gasteiger partial charge in [-0.05, 0) is 63.7 Å². The molecule has 3 heterocycles. The Hall–Kier alpha value is -2.96. The average molecular weight is 590 g/mol. The van der Waals surface area contributed by atoms with E-state index in [1.54, 1.807) is 10.6 Å². The number of anilines is 1. The molecule has 0 spiro atoms. The minimum Gasteiger partial charge on any atom is -0.382 e. The highest BCUT2D eigenvalue weighted by molar-refractivity contribution is 7.91. The number of aromatic nitrogens is 1. The first-order valence-electron chi connectivity index (χ1n) is 14.2. The number of hydrogen-bond donors (Lipinski definition) is 3. The highest BCUT2D eigenvalue weighted by atomic mass is 32.2. The predicted molar refractivity (Wildman–Crippen MR) is 153 cm³/mol. The molecule has 0 bridgehead atoms. The van der Waals surface area contributed by atoms with Crippen LogP contribution in [0.1, 0.15) is 73.3 Å². The van der Waals surface area contributed by atoms with Gasteiger partial charge in [0, 0.05) is 36.3 Å². The van der Waals surface area contributed by atoms with Crippen LogP contribution in [0.3, 0.4) is 0 Å². The molecule has 224 valence electrons. The predicted octanol–water partition coefficient (Wildman–Crippen LogP) is 2.89. The second-order valence-corrected chi connectivity index (χ2v) is 14.6. The number of nitrogens with two attached hydrogens (primary N) is 1. The van der Waals surface area contributed by atoms with Gasteiger partial charge in [0.2, 0.25) is 5.91 Å². The number of hydrogen-bond acceptors (Lipinski definition) is 7. The Morgan fingerprint density at radius 2 is 1.80 bits per heavy atom. The average Bonchev–Trinajstić information content (AvgIpc) is 3.42. The number of sulfone groups is 1. The van der Waals surface area contributed by atoms with Gasteiger partial charge in [-0.15, -0.1) is 0 Å². The number of carbonyl (C=O) groups is 2.